The van der Waals surface area contributed by atoms with Crippen molar-refractivity contribution in [2.75, 3.05) is 13.2 Å². The summed E-state index contributed by atoms with van der Waals surface area (Å²) in [5.41, 5.74) is 0.681. The fourth-order valence-electron chi connectivity index (χ4n) is 2.62. The lowest BCUT2D eigenvalue weighted by molar-refractivity contribution is -0.128. The van der Waals surface area contributed by atoms with Crippen LogP contribution in [0.4, 0.5) is 0 Å². The van der Waals surface area contributed by atoms with Crippen LogP contribution in [0.3, 0.4) is 0 Å². The van der Waals surface area contributed by atoms with E-state index >= 15 is 0 Å². The van der Waals surface area contributed by atoms with E-state index in [1.165, 1.54) is 6.92 Å². The smallest absolute Gasteiger partial charge is 0.248 e. The molecule has 0 aromatic heterocycles. The van der Waals surface area contributed by atoms with E-state index in [1.54, 1.807) is 55.5 Å². The lowest BCUT2D eigenvalue weighted by Gasteiger charge is -2.23. The van der Waals surface area contributed by atoms with Crippen LogP contribution in [-0.2, 0) is 9.59 Å². The maximum absolute atomic E-state index is 12.6. The van der Waals surface area contributed by atoms with Crippen LogP contribution in [0.5, 0.6) is 5.75 Å². The molecule has 3 unspecified atom stereocenters. The zero-order valence-electron chi connectivity index (χ0n) is 16.4. The number of aliphatic hydroxyl groups excluding tert-OH is 1. The van der Waals surface area contributed by atoms with E-state index in [2.05, 4.69) is 16.0 Å². The van der Waals surface area contributed by atoms with E-state index in [1.807, 2.05) is 6.07 Å². The van der Waals surface area contributed by atoms with Crippen molar-refractivity contribution < 1.29 is 19.4 Å². The van der Waals surface area contributed by atoms with Crippen LogP contribution < -0.4 is 20.7 Å². The highest BCUT2D eigenvalue weighted by atomic mass is 35.5. The second kappa shape index (κ2) is 11.4. The normalized spacial score (nSPS) is 13.8. The molecule has 3 atom stereocenters. The number of nitrogens with one attached hydrogen (secondary N) is 3. The molecule has 0 spiro atoms. The molecule has 0 saturated carbocycles. The highest BCUT2D eigenvalue weighted by Crippen LogP contribution is 2.23. The van der Waals surface area contributed by atoms with Gasteiger partial charge in [-0.05, 0) is 24.6 Å². The van der Waals surface area contributed by atoms with Crippen LogP contribution in [-0.4, -0.2) is 42.3 Å². The Hall–Kier alpha value is -2.61. The van der Waals surface area contributed by atoms with Gasteiger partial charge < -0.3 is 20.5 Å². The minimum absolute atomic E-state index is 0.0515. The van der Waals surface area contributed by atoms with Gasteiger partial charge in [-0.25, -0.2) is 0 Å². The third-order valence-electron chi connectivity index (χ3n) is 4.03. The second-order valence-corrected chi connectivity index (χ2v) is 6.99. The number of carbonyl (C=O) groups excluding carboxylic acids is 2. The van der Waals surface area contributed by atoms with Gasteiger partial charge in [0.05, 0.1) is 11.2 Å². The summed E-state index contributed by atoms with van der Waals surface area (Å²) >= 11 is 6.01. The molecular formula is C21H26ClN3O4. The number of halogens is 1. The van der Waals surface area contributed by atoms with Crippen LogP contribution in [0, 0.1) is 0 Å². The number of ether oxygens (including phenoxy) is 1. The van der Waals surface area contributed by atoms with E-state index in [4.69, 9.17) is 16.3 Å². The Morgan fingerprint density at radius 1 is 1.07 bits per heavy atom. The molecule has 0 heterocycles. The first-order valence-electron chi connectivity index (χ1n) is 9.28. The minimum atomic E-state index is -0.800. The molecule has 2 aromatic rings. The summed E-state index contributed by atoms with van der Waals surface area (Å²) < 4.78 is 5.49. The molecule has 0 aliphatic rings. The van der Waals surface area contributed by atoms with Crippen LogP contribution in [0.1, 0.15) is 25.5 Å². The summed E-state index contributed by atoms with van der Waals surface area (Å²) in [6.45, 7) is 3.35. The van der Waals surface area contributed by atoms with E-state index in [0.717, 1.165) is 0 Å². The minimum Gasteiger partial charge on any atom is -0.489 e. The molecule has 2 aromatic carbocycles. The van der Waals surface area contributed by atoms with Gasteiger partial charge in [0.15, 0.2) is 0 Å². The van der Waals surface area contributed by atoms with Crippen LogP contribution in [0.25, 0.3) is 0 Å². The van der Waals surface area contributed by atoms with Crippen molar-refractivity contribution in [1.29, 1.82) is 0 Å². The Morgan fingerprint density at radius 3 is 2.38 bits per heavy atom. The summed E-state index contributed by atoms with van der Waals surface area (Å²) in [7, 11) is 0. The number of aliphatic hydroxyl groups is 1. The summed E-state index contributed by atoms with van der Waals surface area (Å²) in [4.78, 5) is 24.1. The molecule has 0 bridgehead atoms. The van der Waals surface area contributed by atoms with Gasteiger partial charge in [-0.15, -0.1) is 0 Å². The number of hydrogen-bond donors (Lipinski definition) is 4. The summed E-state index contributed by atoms with van der Waals surface area (Å²) in [6, 6.07) is 15.2. The largest absolute Gasteiger partial charge is 0.489 e. The zero-order chi connectivity index (χ0) is 21.2. The Labute approximate surface area is 175 Å². The summed E-state index contributed by atoms with van der Waals surface area (Å²) in [5.74, 6) is -0.162. The predicted molar refractivity (Wildman–Crippen MR) is 112 cm³/mol. The first-order chi connectivity index (χ1) is 13.9. The van der Waals surface area contributed by atoms with Crippen LogP contribution >= 0.6 is 11.6 Å². The lowest BCUT2D eigenvalue weighted by atomic mass is 10.1. The Kier molecular flexibility index (Phi) is 8.92. The number of amides is 2. The quantitative estimate of drug-likeness (QED) is 0.441. The van der Waals surface area contributed by atoms with E-state index in [0.29, 0.717) is 16.3 Å². The first kappa shape index (κ1) is 22.7. The van der Waals surface area contributed by atoms with Crippen molar-refractivity contribution in [3.63, 3.8) is 0 Å². The van der Waals surface area contributed by atoms with Crippen molar-refractivity contribution in [3.05, 3.63) is 65.2 Å². The SMILES string of the molecule is CC(=O)NC(C(=O)NC(C)NCC(O)COc1ccccc1Cl)c1ccccc1. The molecular weight excluding hydrogens is 394 g/mol. The molecule has 7 nitrogen and oxygen atoms in total. The van der Waals surface area contributed by atoms with E-state index in [-0.39, 0.29) is 25.0 Å². The van der Waals surface area contributed by atoms with Crippen molar-refractivity contribution >= 4 is 23.4 Å². The molecule has 2 amide bonds. The third kappa shape index (κ3) is 7.73. The van der Waals surface area contributed by atoms with Crippen LogP contribution in [0.2, 0.25) is 5.02 Å². The molecule has 0 radical (unpaired) electrons. The lowest BCUT2D eigenvalue weighted by Crippen LogP contribution is -2.50. The van der Waals surface area contributed by atoms with Crippen LogP contribution in [0.15, 0.2) is 54.6 Å². The average molecular weight is 420 g/mol. The maximum atomic E-state index is 12.6. The molecule has 2 rings (SSSR count). The van der Waals surface area contributed by atoms with Gasteiger partial charge >= 0.3 is 0 Å². The fraction of sp³-hybridized carbons (Fsp3) is 0.333. The molecule has 8 heteroatoms. The molecule has 29 heavy (non-hydrogen) atoms. The van der Waals surface area contributed by atoms with Gasteiger partial charge in [0.25, 0.3) is 0 Å². The molecule has 156 valence electrons. The number of para-hydroxylation sites is 1. The number of benzene rings is 2. The fourth-order valence-corrected chi connectivity index (χ4v) is 2.81. The predicted octanol–water partition coefficient (Wildman–Crippen LogP) is 2.01. The number of carbonyl (C=O) groups is 2. The Balaban J connectivity index is 1.82. The molecule has 4 N–H and O–H groups in total. The molecule has 0 saturated heterocycles. The van der Waals surface area contributed by atoms with Crippen molar-refractivity contribution in [3.8, 4) is 5.75 Å². The van der Waals surface area contributed by atoms with Gasteiger partial charge in [0.1, 0.15) is 24.5 Å². The van der Waals surface area contributed by atoms with Gasteiger partial charge in [0.2, 0.25) is 11.8 Å². The first-order valence-corrected chi connectivity index (χ1v) is 9.66. The summed E-state index contributed by atoms with van der Waals surface area (Å²) in [5, 5.41) is 19.0. The highest BCUT2D eigenvalue weighted by molar-refractivity contribution is 6.32. The molecule has 0 aliphatic heterocycles. The number of rotatable bonds is 10. The van der Waals surface area contributed by atoms with Gasteiger partial charge in [-0.2, -0.15) is 0 Å². The standard InChI is InChI=1S/C21H26ClN3O4/c1-14(23-12-17(27)13-29-19-11-7-6-10-18(19)22)24-21(28)20(25-15(2)26)16-8-4-3-5-9-16/h3-11,14,17,20,23,27H,12-13H2,1-2H3,(H,24,28)(H,25,26). The van der Waals surface area contributed by atoms with Crippen molar-refractivity contribution in [2.24, 2.45) is 0 Å². The molecule has 0 aliphatic carbocycles. The second-order valence-electron chi connectivity index (χ2n) is 6.58. The third-order valence-corrected chi connectivity index (χ3v) is 4.34. The highest BCUT2D eigenvalue weighted by Gasteiger charge is 2.22. The summed E-state index contributed by atoms with van der Waals surface area (Å²) in [6.07, 6.45) is -1.23. The van der Waals surface area contributed by atoms with Gasteiger partial charge in [-0.3, -0.25) is 14.9 Å². The van der Waals surface area contributed by atoms with Gasteiger partial charge in [-0.1, -0.05) is 54.1 Å². The Bertz CT molecular complexity index is 804. The number of hydrogen-bond acceptors (Lipinski definition) is 5. The van der Waals surface area contributed by atoms with E-state index < -0.39 is 18.3 Å². The van der Waals surface area contributed by atoms with E-state index in [9.17, 15) is 14.7 Å². The maximum Gasteiger partial charge on any atom is 0.248 e. The topological polar surface area (TPSA) is 99.7 Å². The monoisotopic (exact) mass is 419 g/mol. The van der Waals surface area contributed by atoms with Crippen molar-refractivity contribution in [2.45, 2.75) is 32.2 Å². The Morgan fingerprint density at radius 2 is 1.72 bits per heavy atom. The van der Waals surface area contributed by atoms with Gasteiger partial charge in [0, 0.05) is 13.5 Å². The van der Waals surface area contributed by atoms with Crippen molar-refractivity contribution in [1.82, 2.24) is 16.0 Å². The zero-order valence-corrected chi connectivity index (χ0v) is 17.1. The average Bonchev–Trinajstić information content (AvgIpc) is 2.70. The molecule has 0 fully saturated rings.